The maximum absolute atomic E-state index is 8.24. The van der Waals surface area contributed by atoms with Crippen molar-refractivity contribution in [3.05, 3.63) is 42.8 Å². The molecule has 0 aliphatic heterocycles. The van der Waals surface area contributed by atoms with Crippen LogP contribution in [0.15, 0.2) is 30.3 Å². The zero-order valence-electron chi connectivity index (χ0n) is 5.86. The van der Waals surface area contributed by atoms with E-state index in [0.29, 0.717) is 6.47 Å². The summed E-state index contributed by atoms with van der Waals surface area (Å²) in [4.78, 5) is 8.24. The molecule has 11 heavy (non-hydrogen) atoms. The first-order valence-corrected chi connectivity index (χ1v) is 2.69. The second-order valence-corrected chi connectivity index (χ2v) is 1.58. The topological polar surface area (TPSA) is 37.3 Å². The van der Waals surface area contributed by atoms with E-state index < -0.39 is 0 Å². The van der Waals surface area contributed by atoms with Crippen LogP contribution in [0.4, 0.5) is 0 Å². The first-order chi connectivity index (χ1) is 4.81. The van der Waals surface area contributed by atoms with Crippen LogP contribution in [-0.4, -0.2) is 11.6 Å². The molecule has 0 aliphatic rings. The van der Waals surface area contributed by atoms with Gasteiger partial charge in [-0.05, 0) is 0 Å². The molecule has 0 bridgehead atoms. The normalized spacial score (nSPS) is 6.55. The van der Waals surface area contributed by atoms with E-state index in [1.54, 1.807) is 0 Å². The SMILES string of the molecule is O=[C-]O.[CH2-]c1ccccc1.[W+2]. The van der Waals surface area contributed by atoms with Gasteiger partial charge < -0.3 is 9.90 Å². The number of hydrogen-bond acceptors (Lipinski definition) is 1. The van der Waals surface area contributed by atoms with E-state index in [9.17, 15) is 0 Å². The third kappa shape index (κ3) is 9.25. The molecule has 0 aliphatic carbocycles. The number of benzene rings is 1. The van der Waals surface area contributed by atoms with Crippen molar-refractivity contribution in [1.29, 1.82) is 0 Å². The summed E-state index contributed by atoms with van der Waals surface area (Å²) in [6, 6.07) is 9.87. The minimum absolute atomic E-state index is 0. The number of hydrogen-bond donors (Lipinski definition) is 1. The zero-order valence-corrected chi connectivity index (χ0v) is 8.79. The summed E-state index contributed by atoms with van der Waals surface area (Å²) >= 11 is 0. The van der Waals surface area contributed by atoms with Gasteiger partial charge in [0.15, 0.2) is 0 Å². The van der Waals surface area contributed by atoms with E-state index >= 15 is 0 Å². The molecule has 0 amide bonds. The fourth-order valence-electron chi connectivity index (χ4n) is 0.478. The molecule has 3 heteroatoms. The summed E-state index contributed by atoms with van der Waals surface area (Å²) in [5, 5.41) is 6.76. The monoisotopic (exact) mass is 320 g/mol. The Morgan fingerprint density at radius 1 is 1.27 bits per heavy atom. The quantitative estimate of drug-likeness (QED) is 0.735. The van der Waals surface area contributed by atoms with Crippen molar-refractivity contribution in [3.63, 3.8) is 0 Å². The largest absolute Gasteiger partial charge is 2.00 e. The van der Waals surface area contributed by atoms with Gasteiger partial charge in [0, 0.05) is 0 Å². The minimum atomic E-state index is 0. The van der Waals surface area contributed by atoms with E-state index in [1.165, 1.54) is 0 Å². The predicted molar refractivity (Wildman–Crippen MR) is 39.2 cm³/mol. The Balaban J connectivity index is 0. The van der Waals surface area contributed by atoms with Crippen molar-refractivity contribution in [1.82, 2.24) is 0 Å². The Bertz CT molecular complexity index is 175. The molecular formula is C8H8O2W. The standard InChI is InChI=1S/C7H7.CHO2.W/c1-7-5-3-2-4-6-7;2-1-3;/h2-6H,1H2;(H,2,3);/q2*-1;+2. The molecule has 0 saturated heterocycles. The van der Waals surface area contributed by atoms with Gasteiger partial charge in [-0.3, -0.25) is 0 Å². The summed E-state index contributed by atoms with van der Waals surface area (Å²) in [6.07, 6.45) is 0. The van der Waals surface area contributed by atoms with Crippen LogP contribution in [0.25, 0.3) is 0 Å². The van der Waals surface area contributed by atoms with Crippen LogP contribution in [0.3, 0.4) is 0 Å². The van der Waals surface area contributed by atoms with Gasteiger partial charge in [-0.25, -0.2) is 0 Å². The molecule has 0 unspecified atom stereocenters. The van der Waals surface area contributed by atoms with Crippen LogP contribution in [0.1, 0.15) is 5.56 Å². The van der Waals surface area contributed by atoms with Gasteiger partial charge in [0.2, 0.25) is 0 Å². The Labute approximate surface area is 80.5 Å². The van der Waals surface area contributed by atoms with Crippen molar-refractivity contribution in [2.75, 3.05) is 0 Å². The van der Waals surface area contributed by atoms with E-state index in [0.717, 1.165) is 5.56 Å². The maximum atomic E-state index is 8.24. The summed E-state index contributed by atoms with van der Waals surface area (Å²) in [5.74, 6) is 0. The number of aliphatic hydroxyl groups excluding tert-OH is 1. The molecule has 1 rings (SSSR count). The predicted octanol–water partition coefficient (Wildman–Crippen LogP) is 1.48. The second kappa shape index (κ2) is 9.25. The van der Waals surface area contributed by atoms with E-state index in [-0.39, 0.29) is 21.1 Å². The van der Waals surface area contributed by atoms with Crippen LogP contribution in [0, 0.1) is 6.92 Å². The molecule has 0 fully saturated rings. The van der Waals surface area contributed by atoms with Crippen LogP contribution in [0.5, 0.6) is 0 Å². The van der Waals surface area contributed by atoms with Crippen molar-refractivity contribution < 1.29 is 31.0 Å². The van der Waals surface area contributed by atoms with Gasteiger partial charge in [-0.2, -0.15) is 24.6 Å². The average Bonchev–Trinajstić information content (AvgIpc) is 1.91. The Morgan fingerprint density at radius 3 is 1.82 bits per heavy atom. The van der Waals surface area contributed by atoms with Crippen LogP contribution >= 0.6 is 0 Å². The Kier molecular flexibility index (Phi) is 10.8. The molecule has 0 atom stereocenters. The summed E-state index contributed by atoms with van der Waals surface area (Å²) in [7, 11) is 0. The molecule has 2 nitrogen and oxygen atoms in total. The van der Waals surface area contributed by atoms with Gasteiger partial charge in [-0.15, -0.1) is 12.1 Å². The molecule has 1 N–H and O–H groups in total. The van der Waals surface area contributed by atoms with Crippen LogP contribution in [-0.2, 0) is 25.9 Å². The Hall–Kier alpha value is -0.752. The van der Waals surface area contributed by atoms with Gasteiger partial charge in [0.1, 0.15) is 0 Å². The van der Waals surface area contributed by atoms with E-state index in [1.807, 2.05) is 30.3 Å². The summed E-state index contributed by atoms with van der Waals surface area (Å²) < 4.78 is 0. The third-order valence-electron chi connectivity index (χ3n) is 0.843. The first kappa shape index (κ1) is 12.9. The summed E-state index contributed by atoms with van der Waals surface area (Å²) in [6.45, 7) is 4.22. The molecular weight excluding hydrogens is 312 g/mol. The zero-order chi connectivity index (χ0) is 7.82. The van der Waals surface area contributed by atoms with Gasteiger partial charge in [0.05, 0.1) is 0 Å². The molecule has 0 saturated carbocycles. The fraction of sp³-hybridized carbons (Fsp3) is 0. The maximum Gasteiger partial charge on any atom is 2.00 e. The molecule has 1 aromatic carbocycles. The van der Waals surface area contributed by atoms with E-state index in [2.05, 4.69) is 6.92 Å². The van der Waals surface area contributed by atoms with Gasteiger partial charge >= 0.3 is 21.1 Å². The molecule has 0 aromatic heterocycles. The molecule has 0 radical (unpaired) electrons. The minimum Gasteiger partial charge on any atom is -0.665 e. The van der Waals surface area contributed by atoms with Crippen molar-refractivity contribution in [2.24, 2.45) is 0 Å². The van der Waals surface area contributed by atoms with Crippen molar-refractivity contribution in [3.8, 4) is 0 Å². The molecule has 1 aromatic rings. The smallest absolute Gasteiger partial charge is 0.665 e. The first-order valence-electron chi connectivity index (χ1n) is 2.69. The third-order valence-corrected chi connectivity index (χ3v) is 0.843. The van der Waals surface area contributed by atoms with Crippen LogP contribution < -0.4 is 0 Å². The molecule has 0 spiro atoms. The van der Waals surface area contributed by atoms with Crippen molar-refractivity contribution >= 4 is 6.47 Å². The van der Waals surface area contributed by atoms with Gasteiger partial charge in [0.25, 0.3) is 0 Å². The van der Waals surface area contributed by atoms with Crippen LogP contribution in [0.2, 0.25) is 0 Å². The Morgan fingerprint density at radius 2 is 1.64 bits per heavy atom. The molecule has 0 heterocycles. The average molecular weight is 320 g/mol. The van der Waals surface area contributed by atoms with Crippen molar-refractivity contribution in [2.45, 2.75) is 0 Å². The summed E-state index contributed by atoms with van der Waals surface area (Å²) in [5.41, 5.74) is 1.07. The van der Waals surface area contributed by atoms with E-state index in [4.69, 9.17) is 9.90 Å². The molecule has 58 valence electrons. The fourth-order valence-corrected chi connectivity index (χ4v) is 0.478. The number of rotatable bonds is 0. The second-order valence-electron chi connectivity index (χ2n) is 1.58. The van der Waals surface area contributed by atoms with Gasteiger partial charge in [-0.1, -0.05) is 12.5 Å².